The summed E-state index contributed by atoms with van der Waals surface area (Å²) in [5, 5.41) is 20.4. The smallest absolute Gasteiger partial charge is 0.126 e. The first kappa shape index (κ1) is 38.1. The lowest BCUT2D eigenvalue weighted by atomic mass is 9.97. The first-order chi connectivity index (χ1) is 33.6. The lowest BCUT2D eigenvalue weighted by Gasteiger charge is -2.21. The van der Waals surface area contributed by atoms with E-state index in [-0.39, 0.29) is 0 Å². The summed E-state index contributed by atoms with van der Waals surface area (Å²) in [5.74, 6) is -1.42. The summed E-state index contributed by atoms with van der Waals surface area (Å²) >= 11 is 0. The fourth-order valence-electron chi connectivity index (χ4n) is 11.2. The lowest BCUT2D eigenvalue weighted by molar-refractivity contribution is 0.584. The van der Waals surface area contributed by atoms with Crippen LogP contribution in [0.25, 0.3) is 121 Å². The molecular formula is C61H35F2N5. The third-order valence-corrected chi connectivity index (χ3v) is 13.9. The van der Waals surface area contributed by atoms with Crippen LogP contribution in [0.3, 0.4) is 0 Å². The summed E-state index contributed by atoms with van der Waals surface area (Å²) in [6.45, 7) is 0. The summed E-state index contributed by atoms with van der Waals surface area (Å²) in [4.78, 5) is 0. The molecule has 5 nitrogen and oxygen atoms in total. The third kappa shape index (κ3) is 5.22. The molecule has 68 heavy (non-hydrogen) atoms. The van der Waals surface area contributed by atoms with Crippen molar-refractivity contribution in [3.05, 3.63) is 230 Å². The van der Waals surface area contributed by atoms with Gasteiger partial charge in [-0.1, -0.05) is 140 Å². The van der Waals surface area contributed by atoms with E-state index in [0.29, 0.717) is 28.1 Å². The molecule has 4 heterocycles. The highest BCUT2D eigenvalue weighted by Crippen LogP contribution is 2.47. The predicted molar refractivity (Wildman–Crippen MR) is 274 cm³/mol. The minimum absolute atomic E-state index is 0.316. The number of nitriles is 1. The Kier molecular flexibility index (Phi) is 8.05. The topological polar surface area (TPSA) is 43.5 Å². The summed E-state index contributed by atoms with van der Waals surface area (Å²) in [7, 11) is 0. The molecule has 14 rings (SSSR count). The van der Waals surface area contributed by atoms with Gasteiger partial charge in [0, 0.05) is 66.1 Å². The molecule has 0 spiro atoms. The summed E-state index contributed by atoms with van der Waals surface area (Å²) in [6, 6.07) is 73.1. The van der Waals surface area contributed by atoms with Gasteiger partial charge in [0.2, 0.25) is 0 Å². The van der Waals surface area contributed by atoms with E-state index in [0.717, 1.165) is 105 Å². The fourth-order valence-corrected chi connectivity index (χ4v) is 11.2. The normalized spacial score (nSPS) is 12.0. The Morgan fingerprint density at radius 3 is 1.15 bits per heavy atom. The average molecular weight is 876 g/mol. The molecular weight excluding hydrogens is 841 g/mol. The number of benzene rings is 10. The number of hydrogen-bond acceptors (Lipinski definition) is 1. The standard InChI is InChI=1S/C61H35F2N5/c62-38-33-37(34-39(63)35-38)42-31-32-56(67-54-25-13-9-21-45(54)49-29-27-47-43-19-7-11-23-52(43)65(58(47)60(49)67)40-15-3-1-4-16-40)51(36-64)57(42)68-55-26-14-10-22-46(55)50-30-28-48-44-20-8-12-24-53(44)66(59(48)61(50)68)41-17-5-2-6-18-41/h1-35H. The molecule has 10 aromatic carbocycles. The van der Waals surface area contributed by atoms with Crippen LogP contribution in [-0.2, 0) is 0 Å². The van der Waals surface area contributed by atoms with Crippen LogP contribution >= 0.6 is 0 Å². The molecule has 0 fully saturated rings. The van der Waals surface area contributed by atoms with Gasteiger partial charge in [0.1, 0.15) is 23.3 Å². The Balaban J connectivity index is 1.22. The largest absolute Gasteiger partial charge is 0.307 e. The monoisotopic (exact) mass is 875 g/mol. The maximum atomic E-state index is 15.6. The Bertz CT molecular complexity index is 4450. The number of rotatable bonds is 5. The van der Waals surface area contributed by atoms with Crippen molar-refractivity contribution in [3.8, 4) is 39.9 Å². The molecule has 0 amide bonds. The van der Waals surface area contributed by atoms with E-state index in [2.05, 4.69) is 164 Å². The number of halogens is 2. The fraction of sp³-hybridized carbons (Fsp3) is 0. The van der Waals surface area contributed by atoms with Crippen LogP contribution in [-0.4, -0.2) is 18.3 Å². The van der Waals surface area contributed by atoms with Crippen LogP contribution in [0.1, 0.15) is 5.56 Å². The molecule has 0 bridgehead atoms. The number of hydrogen-bond donors (Lipinski definition) is 0. The third-order valence-electron chi connectivity index (χ3n) is 13.9. The van der Waals surface area contributed by atoms with E-state index in [1.54, 1.807) is 0 Å². The van der Waals surface area contributed by atoms with Crippen molar-refractivity contribution in [2.24, 2.45) is 0 Å². The molecule has 0 unspecified atom stereocenters. The molecule has 0 saturated carbocycles. The van der Waals surface area contributed by atoms with Gasteiger partial charge in [-0.2, -0.15) is 5.26 Å². The van der Waals surface area contributed by atoms with E-state index in [1.807, 2.05) is 54.6 Å². The van der Waals surface area contributed by atoms with Crippen LogP contribution in [0.2, 0.25) is 0 Å². The highest BCUT2D eigenvalue weighted by atomic mass is 19.1. The second kappa shape index (κ2) is 14.4. The highest BCUT2D eigenvalue weighted by molar-refractivity contribution is 6.26. The molecule has 0 N–H and O–H groups in total. The number of nitrogens with zero attached hydrogens (tertiary/aromatic N) is 5. The minimum Gasteiger partial charge on any atom is -0.307 e. The number of para-hydroxylation sites is 6. The van der Waals surface area contributed by atoms with Gasteiger partial charge in [0.25, 0.3) is 0 Å². The Labute approximate surface area is 387 Å². The predicted octanol–water partition coefficient (Wildman–Crippen LogP) is 15.9. The van der Waals surface area contributed by atoms with Crippen LogP contribution in [0.15, 0.2) is 212 Å². The first-order valence-corrected chi connectivity index (χ1v) is 22.6. The van der Waals surface area contributed by atoms with E-state index in [4.69, 9.17) is 0 Å². The number of aromatic nitrogens is 4. The van der Waals surface area contributed by atoms with Gasteiger partial charge >= 0.3 is 0 Å². The highest BCUT2D eigenvalue weighted by Gasteiger charge is 2.28. The summed E-state index contributed by atoms with van der Waals surface area (Å²) in [6.07, 6.45) is 0. The molecule has 0 saturated heterocycles. The van der Waals surface area contributed by atoms with Gasteiger partial charge < -0.3 is 18.3 Å². The van der Waals surface area contributed by atoms with Crippen LogP contribution in [0.4, 0.5) is 8.78 Å². The quantitative estimate of drug-likeness (QED) is 0.170. The van der Waals surface area contributed by atoms with Crippen LogP contribution < -0.4 is 0 Å². The Morgan fingerprint density at radius 1 is 0.338 bits per heavy atom. The van der Waals surface area contributed by atoms with Crippen LogP contribution in [0, 0.1) is 23.0 Å². The van der Waals surface area contributed by atoms with Crippen molar-refractivity contribution < 1.29 is 8.78 Å². The first-order valence-electron chi connectivity index (χ1n) is 22.6. The zero-order valence-corrected chi connectivity index (χ0v) is 36.2. The van der Waals surface area contributed by atoms with Gasteiger partial charge in [0.15, 0.2) is 0 Å². The molecule has 14 aromatic rings. The maximum absolute atomic E-state index is 15.6. The minimum atomic E-state index is -0.708. The second-order valence-corrected chi connectivity index (χ2v) is 17.4. The van der Waals surface area contributed by atoms with E-state index in [1.165, 1.54) is 12.1 Å². The number of fused-ring (bicyclic) bond motifs is 14. The molecule has 0 atom stereocenters. The maximum Gasteiger partial charge on any atom is 0.126 e. The molecule has 4 aromatic heterocycles. The SMILES string of the molecule is N#Cc1c(-n2c3ccccc3c3ccc4c5ccccc5n(-c5ccccc5)c4c32)ccc(-c2cc(F)cc(F)c2)c1-n1c2ccccc2c2ccc3c4ccccc4n(-c4ccccc4)c3c21. The van der Waals surface area contributed by atoms with Gasteiger partial charge in [-0.25, -0.2) is 8.78 Å². The zero-order valence-electron chi connectivity index (χ0n) is 36.2. The Morgan fingerprint density at radius 2 is 0.706 bits per heavy atom. The average Bonchev–Trinajstić information content (AvgIpc) is 4.11. The van der Waals surface area contributed by atoms with Crippen molar-refractivity contribution in [2.75, 3.05) is 0 Å². The van der Waals surface area contributed by atoms with Crippen molar-refractivity contribution in [1.29, 1.82) is 5.26 Å². The Hall–Kier alpha value is -9.25. The van der Waals surface area contributed by atoms with E-state index < -0.39 is 11.6 Å². The van der Waals surface area contributed by atoms with Crippen molar-refractivity contribution >= 4 is 87.2 Å². The van der Waals surface area contributed by atoms with Crippen molar-refractivity contribution in [3.63, 3.8) is 0 Å². The van der Waals surface area contributed by atoms with Gasteiger partial charge in [-0.15, -0.1) is 0 Å². The second-order valence-electron chi connectivity index (χ2n) is 17.4. The summed E-state index contributed by atoms with van der Waals surface area (Å²) < 4.78 is 40.2. The van der Waals surface area contributed by atoms with Gasteiger partial charge in [-0.05, 0) is 72.3 Å². The molecule has 0 aliphatic carbocycles. The molecule has 7 heteroatoms. The van der Waals surface area contributed by atoms with Crippen LogP contribution in [0.5, 0.6) is 0 Å². The van der Waals surface area contributed by atoms with Gasteiger partial charge in [-0.3, -0.25) is 0 Å². The molecule has 0 aliphatic rings. The van der Waals surface area contributed by atoms with Gasteiger partial charge in [0.05, 0.1) is 55.5 Å². The van der Waals surface area contributed by atoms with Crippen molar-refractivity contribution in [1.82, 2.24) is 18.3 Å². The molecule has 0 radical (unpaired) electrons. The van der Waals surface area contributed by atoms with E-state index >= 15 is 8.78 Å². The van der Waals surface area contributed by atoms with E-state index in [9.17, 15) is 5.26 Å². The van der Waals surface area contributed by atoms with Crippen molar-refractivity contribution in [2.45, 2.75) is 0 Å². The summed E-state index contributed by atoms with van der Waals surface area (Å²) in [5.41, 5.74) is 11.9. The zero-order chi connectivity index (χ0) is 45.2. The lowest BCUT2D eigenvalue weighted by Crippen LogP contribution is -2.08. The molecule has 318 valence electrons. The molecule has 0 aliphatic heterocycles.